The zero-order valence-corrected chi connectivity index (χ0v) is 19.7. The number of amides is 1. The predicted molar refractivity (Wildman–Crippen MR) is 130 cm³/mol. The van der Waals surface area contributed by atoms with Gasteiger partial charge in [0.05, 0.1) is 12.2 Å². The average Bonchev–Trinajstić information content (AvgIpc) is 3.21. The number of aryl methyl sites for hydroxylation is 2. The summed E-state index contributed by atoms with van der Waals surface area (Å²) in [6.07, 6.45) is 2.53. The molecule has 4 aromatic rings. The van der Waals surface area contributed by atoms with Crippen LogP contribution in [-0.4, -0.2) is 25.5 Å². The van der Waals surface area contributed by atoms with Crippen molar-refractivity contribution in [2.45, 2.75) is 46.6 Å². The number of H-pyrrole nitrogens is 1. The summed E-state index contributed by atoms with van der Waals surface area (Å²) in [5, 5.41) is 3.59. The van der Waals surface area contributed by atoms with Crippen LogP contribution in [0.5, 0.6) is 0 Å². The van der Waals surface area contributed by atoms with Crippen molar-refractivity contribution in [3.05, 3.63) is 91.9 Å². The van der Waals surface area contributed by atoms with E-state index in [1.165, 1.54) is 9.42 Å². The molecule has 1 N–H and O–H groups in total. The Morgan fingerprint density at radius 3 is 2.64 bits per heavy atom. The molecule has 0 aliphatic carbocycles. The molecular weight excluding hydrogens is 438 g/mol. The summed E-state index contributed by atoms with van der Waals surface area (Å²) in [6, 6.07) is 14.7. The summed E-state index contributed by atoms with van der Waals surface area (Å²) in [6.45, 7) is 6.06. The number of carbonyl (C=O) groups is 1. The van der Waals surface area contributed by atoms with Gasteiger partial charge in [0.15, 0.2) is 0 Å². The van der Waals surface area contributed by atoms with E-state index in [-0.39, 0.29) is 29.7 Å². The Morgan fingerprint density at radius 1 is 1.12 bits per heavy atom. The molecule has 0 spiro atoms. The maximum Gasteiger partial charge on any atom is 0.277 e. The van der Waals surface area contributed by atoms with Crippen LogP contribution < -0.4 is 10.5 Å². The van der Waals surface area contributed by atoms with E-state index in [0.717, 1.165) is 24.0 Å². The quantitative estimate of drug-likeness (QED) is 0.423. The summed E-state index contributed by atoms with van der Waals surface area (Å²) in [5.74, 6) is 0.243. The molecule has 1 amide bonds. The molecule has 2 aromatic carbocycles. The van der Waals surface area contributed by atoms with E-state index in [4.69, 9.17) is 11.6 Å². The van der Waals surface area contributed by atoms with E-state index in [2.05, 4.69) is 22.0 Å². The van der Waals surface area contributed by atoms with Gasteiger partial charge in [-0.15, -0.1) is 0 Å². The normalized spacial score (nSPS) is 11.2. The highest BCUT2D eigenvalue weighted by Crippen LogP contribution is 2.20. The van der Waals surface area contributed by atoms with Crippen molar-refractivity contribution >= 4 is 29.2 Å². The molecule has 0 aliphatic rings. The lowest BCUT2D eigenvalue weighted by molar-refractivity contribution is 0.0983. The van der Waals surface area contributed by atoms with Crippen LogP contribution in [0, 0.1) is 13.8 Å². The number of fused-ring (bicyclic) bond motifs is 1. The van der Waals surface area contributed by atoms with E-state index < -0.39 is 0 Å². The lowest BCUT2D eigenvalue weighted by Crippen LogP contribution is -2.31. The van der Waals surface area contributed by atoms with Crippen molar-refractivity contribution in [1.82, 2.24) is 19.6 Å². The lowest BCUT2D eigenvalue weighted by atomic mass is 10.1. The van der Waals surface area contributed by atoms with Crippen LogP contribution in [0.3, 0.4) is 0 Å². The minimum atomic E-state index is -0.242. The molecule has 0 saturated heterocycles. The zero-order valence-electron chi connectivity index (χ0n) is 18.9. The summed E-state index contributed by atoms with van der Waals surface area (Å²) in [5.41, 5.74) is 3.48. The number of rotatable bonds is 7. The minimum Gasteiger partial charge on any atom is -0.272 e. The Hall–Kier alpha value is -3.45. The smallest absolute Gasteiger partial charge is 0.272 e. The first-order valence-corrected chi connectivity index (χ1v) is 11.4. The molecule has 2 heterocycles. The van der Waals surface area contributed by atoms with Gasteiger partial charge < -0.3 is 0 Å². The van der Waals surface area contributed by atoms with Crippen LogP contribution >= 0.6 is 11.6 Å². The fourth-order valence-corrected chi connectivity index (χ4v) is 4.01. The van der Waals surface area contributed by atoms with Gasteiger partial charge in [0.2, 0.25) is 5.95 Å². The van der Waals surface area contributed by atoms with Gasteiger partial charge in [0.1, 0.15) is 0 Å². The molecule has 4 rings (SSSR count). The molecule has 7 nitrogen and oxygen atoms in total. The standard InChI is InChI=1S/C25H26ClN5O2/c1-4-5-12-21-17(3)27-24-28-25(29-31(24)23(21)33)30(15-18-9-7-11-20(26)14-18)22(32)19-10-6-8-16(2)13-19/h6-11,13-14H,4-5,12,15H2,1-3H3,(H,27,28,29). The van der Waals surface area contributed by atoms with Crippen molar-refractivity contribution in [1.29, 1.82) is 0 Å². The number of benzene rings is 2. The van der Waals surface area contributed by atoms with Crippen LogP contribution in [0.1, 0.15) is 52.5 Å². The highest BCUT2D eigenvalue weighted by atomic mass is 35.5. The number of aromatic amines is 1. The number of nitrogens with one attached hydrogen (secondary N) is 1. The van der Waals surface area contributed by atoms with Gasteiger partial charge in [-0.1, -0.05) is 54.8 Å². The molecule has 0 bridgehead atoms. The van der Waals surface area contributed by atoms with E-state index in [1.807, 2.05) is 44.2 Å². The number of nitrogens with zero attached hydrogens (tertiary/aromatic N) is 4. The third kappa shape index (κ3) is 4.83. The van der Waals surface area contributed by atoms with Gasteiger partial charge in [-0.3, -0.25) is 19.6 Å². The van der Waals surface area contributed by atoms with Crippen molar-refractivity contribution in [2.75, 3.05) is 4.90 Å². The average molecular weight is 464 g/mol. The number of unbranched alkanes of at least 4 members (excludes halogenated alkanes) is 1. The Kier molecular flexibility index (Phi) is 6.60. The SMILES string of the molecule is CCCCc1c(C)nc2nc(N(Cc3cccc(Cl)c3)C(=O)c3cccc(C)c3)[nH]n2c1=O. The fourth-order valence-electron chi connectivity index (χ4n) is 3.80. The number of anilines is 1. The Bertz CT molecular complexity index is 1370. The molecule has 0 radical (unpaired) electrons. The van der Waals surface area contributed by atoms with Crippen molar-refractivity contribution in [3.8, 4) is 0 Å². The molecule has 0 fully saturated rings. The molecule has 33 heavy (non-hydrogen) atoms. The number of aromatic nitrogens is 4. The van der Waals surface area contributed by atoms with Gasteiger partial charge in [0.25, 0.3) is 17.2 Å². The Morgan fingerprint density at radius 2 is 1.91 bits per heavy atom. The van der Waals surface area contributed by atoms with E-state index in [0.29, 0.717) is 28.3 Å². The monoisotopic (exact) mass is 463 g/mol. The maximum atomic E-state index is 13.5. The molecule has 0 aliphatic heterocycles. The molecule has 0 unspecified atom stereocenters. The number of carbonyl (C=O) groups excluding carboxylic acids is 1. The number of hydrogen-bond donors (Lipinski definition) is 1. The van der Waals surface area contributed by atoms with Crippen LogP contribution in [0.4, 0.5) is 5.95 Å². The maximum absolute atomic E-state index is 13.5. The van der Waals surface area contributed by atoms with E-state index in [9.17, 15) is 9.59 Å². The summed E-state index contributed by atoms with van der Waals surface area (Å²) in [7, 11) is 0. The fraction of sp³-hybridized carbons (Fsp3) is 0.280. The minimum absolute atomic E-state index is 0.185. The van der Waals surface area contributed by atoms with Crippen molar-refractivity contribution < 1.29 is 4.79 Å². The third-order valence-electron chi connectivity index (χ3n) is 5.56. The highest BCUT2D eigenvalue weighted by molar-refractivity contribution is 6.30. The number of hydrogen-bond acceptors (Lipinski definition) is 4. The predicted octanol–water partition coefficient (Wildman–Crippen LogP) is 4.88. The van der Waals surface area contributed by atoms with Gasteiger partial charge in [0, 0.05) is 16.1 Å². The second-order valence-electron chi connectivity index (χ2n) is 8.16. The van der Waals surface area contributed by atoms with Gasteiger partial charge in [-0.25, -0.2) is 4.98 Å². The molecule has 8 heteroatoms. The van der Waals surface area contributed by atoms with Gasteiger partial charge in [-0.05, 0) is 56.5 Å². The van der Waals surface area contributed by atoms with Crippen LogP contribution in [0.2, 0.25) is 5.02 Å². The Balaban J connectivity index is 1.81. The molecular formula is C25H26ClN5O2. The van der Waals surface area contributed by atoms with Crippen LogP contribution in [0.15, 0.2) is 53.3 Å². The highest BCUT2D eigenvalue weighted by Gasteiger charge is 2.23. The van der Waals surface area contributed by atoms with Crippen molar-refractivity contribution in [2.24, 2.45) is 0 Å². The van der Waals surface area contributed by atoms with Gasteiger partial charge >= 0.3 is 0 Å². The largest absolute Gasteiger partial charge is 0.277 e. The Labute approximate surface area is 197 Å². The molecule has 0 saturated carbocycles. The summed E-state index contributed by atoms with van der Waals surface area (Å²) < 4.78 is 1.32. The molecule has 170 valence electrons. The second kappa shape index (κ2) is 9.58. The first kappa shape index (κ1) is 22.7. The number of halogens is 1. The molecule has 0 atom stereocenters. The zero-order chi connectivity index (χ0) is 23.5. The molecule has 2 aromatic heterocycles. The third-order valence-corrected chi connectivity index (χ3v) is 5.79. The topological polar surface area (TPSA) is 83.4 Å². The van der Waals surface area contributed by atoms with E-state index in [1.54, 1.807) is 18.2 Å². The summed E-state index contributed by atoms with van der Waals surface area (Å²) in [4.78, 5) is 37.2. The van der Waals surface area contributed by atoms with Crippen molar-refractivity contribution in [3.63, 3.8) is 0 Å². The first-order valence-electron chi connectivity index (χ1n) is 11.0. The van der Waals surface area contributed by atoms with Crippen LogP contribution in [0.25, 0.3) is 5.78 Å². The van der Waals surface area contributed by atoms with Gasteiger partial charge in [-0.2, -0.15) is 9.50 Å². The summed E-state index contributed by atoms with van der Waals surface area (Å²) >= 11 is 6.17. The van der Waals surface area contributed by atoms with Crippen LogP contribution in [-0.2, 0) is 13.0 Å². The second-order valence-corrected chi connectivity index (χ2v) is 8.59. The lowest BCUT2D eigenvalue weighted by Gasteiger charge is -2.20. The van der Waals surface area contributed by atoms with E-state index >= 15 is 0 Å². The first-order chi connectivity index (χ1) is 15.9.